The highest BCUT2D eigenvalue weighted by atomic mass is 16.2. The van der Waals surface area contributed by atoms with Gasteiger partial charge in [0.15, 0.2) is 0 Å². The summed E-state index contributed by atoms with van der Waals surface area (Å²) in [5, 5.41) is 2.25. The lowest BCUT2D eigenvalue weighted by atomic mass is 9.64. The molecular formula is C45H35BN4O. The first-order valence-electron chi connectivity index (χ1n) is 18.0. The average Bonchev–Trinajstić information content (AvgIpc) is 3.96. The zero-order valence-electron chi connectivity index (χ0n) is 28.2. The molecule has 4 bridgehead atoms. The van der Waals surface area contributed by atoms with Crippen LogP contribution in [0, 0.1) is 0 Å². The van der Waals surface area contributed by atoms with Gasteiger partial charge in [-0.25, -0.2) is 4.99 Å². The number of amides is 1. The minimum absolute atomic E-state index is 0.125. The van der Waals surface area contributed by atoms with E-state index in [2.05, 4.69) is 149 Å². The van der Waals surface area contributed by atoms with Gasteiger partial charge in [-0.2, -0.15) is 0 Å². The molecule has 0 saturated carbocycles. The summed E-state index contributed by atoms with van der Waals surface area (Å²) in [5.74, 6) is 0.125. The first-order valence-corrected chi connectivity index (χ1v) is 18.0. The highest BCUT2D eigenvalue weighted by Crippen LogP contribution is 2.37. The molecule has 5 nitrogen and oxygen atoms in total. The van der Waals surface area contributed by atoms with Crippen molar-refractivity contribution in [2.24, 2.45) is 4.99 Å². The Kier molecular flexibility index (Phi) is 7.02. The summed E-state index contributed by atoms with van der Waals surface area (Å²) in [5.41, 5.74) is 12.8. The van der Waals surface area contributed by atoms with Gasteiger partial charge in [-0.1, -0.05) is 103 Å². The van der Waals surface area contributed by atoms with Crippen molar-refractivity contribution < 1.29 is 4.79 Å². The SMILES string of the molecule is O=C(c1ccc(B2n3c4ccc3C(c3ccccc3)=c3ccc(n32)=C(c2ccccc2)C2=NC(=C4c3ccccc3)C=C2)cc1)N1CCCCC1. The molecule has 4 aromatic carbocycles. The number of benzene rings is 4. The fraction of sp³-hybridized carbons (Fsp3) is 0.111. The van der Waals surface area contributed by atoms with E-state index in [1.54, 1.807) is 0 Å². The number of aromatic nitrogens is 2. The lowest BCUT2D eigenvalue weighted by Gasteiger charge is -2.31. The smallest absolute Gasteiger partial charge is 0.360 e. The van der Waals surface area contributed by atoms with Crippen molar-refractivity contribution in [2.45, 2.75) is 19.3 Å². The molecular weight excluding hydrogens is 623 g/mol. The Hall–Kier alpha value is -6.14. The number of likely N-dealkylation sites (tertiary alicyclic amines) is 1. The summed E-state index contributed by atoms with van der Waals surface area (Å²) in [6, 6.07) is 49.5. The van der Waals surface area contributed by atoms with Gasteiger partial charge in [-0.3, -0.25) is 4.79 Å². The maximum absolute atomic E-state index is 13.6. The molecule has 1 saturated heterocycles. The second kappa shape index (κ2) is 12.0. The third kappa shape index (κ3) is 4.78. The molecule has 10 rings (SSSR count). The maximum atomic E-state index is 13.6. The number of nitrogens with zero attached hydrogens (tertiary/aromatic N) is 4. The predicted molar refractivity (Wildman–Crippen MR) is 207 cm³/mol. The molecule has 244 valence electrons. The van der Waals surface area contributed by atoms with Crippen LogP contribution in [0.25, 0.3) is 16.7 Å². The zero-order chi connectivity index (χ0) is 33.9. The van der Waals surface area contributed by atoms with Crippen molar-refractivity contribution in [1.82, 2.24) is 13.9 Å². The van der Waals surface area contributed by atoms with Gasteiger partial charge in [0.25, 0.3) is 5.91 Å². The van der Waals surface area contributed by atoms with Crippen LogP contribution in [0.5, 0.6) is 0 Å². The van der Waals surface area contributed by atoms with E-state index in [0.717, 1.165) is 92.7 Å². The van der Waals surface area contributed by atoms with E-state index in [9.17, 15) is 4.79 Å². The van der Waals surface area contributed by atoms with Crippen molar-refractivity contribution >= 4 is 40.8 Å². The number of fused-ring (bicyclic) bond motifs is 1. The quantitative estimate of drug-likeness (QED) is 0.202. The Labute approximate surface area is 297 Å². The molecule has 4 aliphatic rings. The van der Waals surface area contributed by atoms with Crippen molar-refractivity contribution in [3.63, 3.8) is 0 Å². The van der Waals surface area contributed by atoms with Crippen LogP contribution in [0.3, 0.4) is 0 Å². The summed E-state index contributed by atoms with van der Waals surface area (Å²) in [4.78, 5) is 21.0. The van der Waals surface area contributed by atoms with E-state index < -0.39 is 0 Å². The minimum Gasteiger partial charge on any atom is -0.360 e. The number of hydrogen-bond acceptors (Lipinski definition) is 2. The number of rotatable bonds is 5. The summed E-state index contributed by atoms with van der Waals surface area (Å²) in [7, 11) is 0. The fourth-order valence-corrected chi connectivity index (χ4v) is 8.47. The van der Waals surface area contributed by atoms with E-state index >= 15 is 0 Å². The van der Waals surface area contributed by atoms with Crippen LogP contribution >= 0.6 is 0 Å². The number of allylic oxidation sites excluding steroid dienone is 2. The normalized spacial score (nSPS) is 16.1. The average molecular weight is 659 g/mol. The van der Waals surface area contributed by atoms with Gasteiger partial charge in [0.1, 0.15) is 0 Å². The summed E-state index contributed by atoms with van der Waals surface area (Å²) >= 11 is 0. The number of piperidine rings is 1. The van der Waals surface area contributed by atoms with E-state index in [1.807, 2.05) is 17.0 Å². The molecule has 6 aromatic rings. The van der Waals surface area contributed by atoms with Gasteiger partial charge in [0, 0.05) is 57.5 Å². The number of aliphatic imine (C=N–C) groups is 1. The van der Waals surface area contributed by atoms with Gasteiger partial charge < -0.3 is 13.9 Å². The lowest BCUT2D eigenvalue weighted by Crippen LogP contribution is -2.57. The van der Waals surface area contributed by atoms with E-state index in [4.69, 9.17) is 4.99 Å². The first-order chi connectivity index (χ1) is 25.2. The van der Waals surface area contributed by atoms with Crippen molar-refractivity contribution in [3.8, 4) is 0 Å². The molecule has 0 atom stereocenters. The van der Waals surface area contributed by atoms with Crippen LogP contribution in [0.15, 0.2) is 162 Å². The molecule has 4 aliphatic heterocycles. The Morgan fingerprint density at radius 1 is 0.529 bits per heavy atom. The van der Waals surface area contributed by atoms with Gasteiger partial charge in [-0.05, 0) is 90.0 Å². The molecule has 2 aromatic heterocycles. The number of hydrogen-bond donors (Lipinski definition) is 0. The topological polar surface area (TPSA) is 42.5 Å². The Bertz CT molecular complexity index is 2550. The van der Waals surface area contributed by atoms with Gasteiger partial charge >= 0.3 is 6.98 Å². The monoisotopic (exact) mass is 658 g/mol. The van der Waals surface area contributed by atoms with Crippen LogP contribution in [0.1, 0.15) is 57.7 Å². The van der Waals surface area contributed by atoms with E-state index in [0.29, 0.717) is 0 Å². The minimum atomic E-state index is -0.229. The molecule has 51 heavy (non-hydrogen) atoms. The molecule has 0 unspecified atom stereocenters. The summed E-state index contributed by atoms with van der Waals surface area (Å²) < 4.78 is 5.01. The van der Waals surface area contributed by atoms with Gasteiger partial charge in [-0.15, -0.1) is 0 Å². The third-order valence-corrected chi connectivity index (χ3v) is 10.8. The van der Waals surface area contributed by atoms with Crippen LogP contribution < -0.4 is 16.2 Å². The fourth-order valence-electron chi connectivity index (χ4n) is 8.47. The molecule has 0 aliphatic carbocycles. The van der Waals surface area contributed by atoms with E-state index in [1.165, 1.54) is 17.6 Å². The van der Waals surface area contributed by atoms with Crippen LogP contribution in [-0.4, -0.2) is 45.5 Å². The second-order valence-electron chi connectivity index (χ2n) is 13.7. The largest absolute Gasteiger partial charge is 0.420 e. The summed E-state index contributed by atoms with van der Waals surface area (Å²) in [6.07, 6.45) is 7.69. The highest BCUT2D eigenvalue weighted by Gasteiger charge is 2.37. The Balaban J connectivity index is 1.32. The maximum Gasteiger partial charge on any atom is 0.420 e. The van der Waals surface area contributed by atoms with Crippen molar-refractivity contribution in [1.29, 1.82) is 0 Å². The zero-order valence-corrected chi connectivity index (χ0v) is 28.2. The molecule has 1 amide bonds. The highest BCUT2D eigenvalue weighted by molar-refractivity contribution is 6.71. The third-order valence-electron chi connectivity index (χ3n) is 10.8. The molecule has 6 heteroatoms. The molecule has 0 spiro atoms. The first kappa shape index (κ1) is 29.8. The Morgan fingerprint density at radius 3 is 1.71 bits per heavy atom. The molecule has 1 fully saturated rings. The molecule has 0 radical (unpaired) electrons. The molecule has 0 N–H and O–H groups in total. The van der Waals surface area contributed by atoms with Gasteiger partial charge in [0.05, 0.1) is 11.4 Å². The standard InChI is InChI=1S/C45H35BN4O/c51-45(48-29-11-4-12-30-48)34-19-21-35(22-20-34)46-49-38-25-27-40(49)44(33-17-9-3-10-18-33)41-28-26-39(50(41)46)43(32-15-7-2-8-16-32)37-24-23-36(47-37)42(38)31-13-5-1-6-14-31/h1-3,5-10,13-28H,4,11-12,29-30H2. The van der Waals surface area contributed by atoms with Crippen LogP contribution in [0.4, 0.5) is 0 Å². The van der Waals surface area contributed by atoms with Crippen molar-refractivity contribution in [2.75, 3.05) is 13.1 Å². The summed E-state index contributed by atoms with van der Waals surface area (Å²) in [6.45, 7) is 1.44. The molecule has 6 heterocycles. The van der Waals surface area contributed by atoms with Crippen LogP contribution in [0.2, 0.25) is 0 Å². The second-order valence-corrected chi connectivity index (χ2v) is 13.7. The van der Waals surface area contributed by atoms with Crippen LogP contribution in [-0.2, 0) is 0 Å². The predicted octanol–water partition coefficient (Wildman–Crippen LogP) is 6.25. The van der Waals surface area contributed by atoms with Gasteiger partial charge in [0.2, 0.25) is 0 Å². The number of carbonyl (C=O) groups is 1. The Morgan fingerprint density at radius 2 is 1.08 bits per heavy atom. The van der Waals surface area contributed by atoms with Crippen molar-refractivity contribution in [3.05, 3.63) is 202 Å². The lowest BCUT2D eigenvalue weighted by molar-refractivity contribution is 0.0724. The number of carbonyl (C=O) groups excluding carboxylic acids is 1. The van der Waals surface area contributed by atoms with E-state index in [-0.39, 0.29) is 12.9 Å².